The number of halogens is 2. The first kappa shape index (κ1) is 15.6. The minimum atomic E-state index is -0.492. The van der Waals surface area contributed by atoms with E-state index in [9.17, 15) is 4.79 Å². The minimum absolute atomic E-state index is 0.0501. The Morgan fingerprint density at radius 1 is 1.55 bits per heavy atom. The van der Waals surface area contributed by atoms with Crippen LogP contribution in [-0.2, 0) is 4.79 Å². The van der Waals surface area contributed by atoms with Crippen LogP contribution >= 0.6 is 27.5 Å². The molecule has 1 aromatic rings. The molecule has 1 saturated carbocycles. The summed E-state index contributed by atoms with van der Waals surface area (Å²) in [7, 11) is 0. The fraction of sp³-hybridized carbons (Fsp3) is 0.533. The summed E-state index contributed by atoms with van der Waals surface area (Å²) in [6, 6.07) is 7.52. The van der Waals surface area contributed by atoms with Crippen LogP contribution in [0.25, 0.3) is 0 Å². The van der Waals surface area contributed by atoms with Gasteiger partial charge in [-0.25, -0.2) is 0 Å². The Morgan fingerprint density at radius 3 is 2.85 bits per heavy atom. The van der Waals surface area contributed by atoms with Crippen molar-refractivity contribution in [2.45, 2.75) is 38.3 Å². The van der Waals surface area contributed by atoms with Crippen molar-refractivity contribution >= 4 is 33.4 Å². The zero-order valence-corrected chi connectivity index (χ0v) is 13.9. The van der Waals surface area contributed by atoms with Crippen LogP contribution in [0.15, 0.2) is 24.3 Å². The van der Waals surface area contributed by atoms with Gasteiger partial charge in [-0.15, -0.1) is 0 Å². The number of amides is 1. The summed E-state index contributed by atoms with van der Waals surface area (Å²) in [6.07, 6.45) is 2.92. The van der Waals surface area contributed by atoms with Crippen molar-refractivity contribution in [2.24, 2.45) is 0 Å². The number of alkyl halides is 1. The molecule has 0 bridgehead atoms. The number of hydrogen-bond acceptors (Lipinski definition) is 2. The van der Waals surface area contributed by atoms with Gasteiger partial charge in [0.15, 0.2) is 6.10 Å². The molecule has 1 aliphatic rings. The second-order valence-corrected chi connectivity index (χ2v) is 6.25. The van der Waals surface area contributed by atoms with E-state index >= 15 is 0 Å². The van der Waals surface area contributed by atoms with Gasteiger partial charge in [0.2, 0.25) is 0 Å². The predicted octanol–water partition coefficient (Wildman–Crippen LogP) is 3.88. The van der Waals surface area contributed by atoms with Crippen molar-refractivity contribution in [3.63, 3.8) is 0 Å². The molecular weight excluding hydrogens is 342 g/mol. The van der Waals surface area contributed by atoms with Crippen molar-refractivity contribution in [3.05, 3.63) is 29.3 Å². The quantitative estimate of drug-likeness (QED) is 0.720. The van der Waals surface area contributed by atoms with Crippen LogP contribution in [0, 0.1) is 0 Å². The highest BCUT2D eigenvalue weighted by Gasteiger charge is 2.31. The Hall–Kier alpha value is -0.740. The van der Waals surface area contributed by atoms with Crippen LogP contribution < -0.4 is 4.74 Å². The van der Waals surface area contributed by atoms with Gasteiger partial charge >= 0.3 is 0 Å². The normalized spacial score (nSPS) is 16.4. The van der Waals surface area contributed by atoms with Crippen LogP contribution in [-0.4, -0.2) is 34.8 Å². The van der Waals surface area contributed by atoms with E-state index in [4.69, 9.17) is 16.3 Å². The van der Waals surface area contributed by atoms with Gasteiger partial charge < -0.3 is 9.64 Å². The maximum absolute atomic E-state index is 12.5. The molecule has 0 aromatic heterocycles. The first-order valence-corrected chi connectivity index (χ1v) is 8.40. The molecule has 1 unspecified atom stereocenters. The molecule has 0 saturated heterocycles. The molecule has 0 spiro atoms. The van der Waals surface area contributed by atoms with Gasteiger partial charge in [0.1, 0.15) is 5.75 Å². The third-order valence-corrected chi connectivity index (χ3v) is 4.17. The Kier molecular flexibility index (Phi) is 5.73. The average molecular weight is 361 g/mol. The number of hydrogen-bond donors (Lipinski definition) is 0. The molecule has 3 nitrogen and oxygen atoms in total. The Labute approximate surface area is 133 Å². The Balaban J connectivity index is 1.99. The van der Waals surface area contributed by atoms with Gasteiger partial charge in [0.05, 0.1) is 0 Å². The van der Waals surface area contributed by atoms with Crippen molar-refractivity contribution in [1.82, 2.24) is 4.90 Å². The maximum atomic E-state index is 12.5. The lowest BCUT2D eigenvalue weighted by molar-refractivity contribution is -0.141. The highest BCUT2D eigenvalue weighted by molar-refractivity contribution is 9.09. The largest absolute Gasteiger partial charge is 0.481 e. The lowest BCUT2D eigenvalue weighted by Crippen LogP contribution is -2.49. The molecule has 1 fully saturated rings. The molecule has 0 radical (unpaired) electrons. The van der Waals surface area contributed by atoms with Crippen molar-refractivity contribution in [1.29, 1.82) is 0 Å². The lowest BCUT2D eigenvalue weighted by Gasteiger charge is -2.38. The number of benzene rings is 1. The SMILES string of the molecule is CC(Oc1cccc(Cl)c1)C(=O)N(CCBr)C1CCC1. The predicted molar refractivity (Wildman–Crippen MR) is 84.7 cm³/mol. The highest BCUT2D eigenvalue weighted by Crippen LogP contribution is 2.26. The molecule has 20 heavy (non-hydrogen) atoms. The number of ether oxygens (including phenoxy) is 1. The molecule has 110 valence electrons. The summed E-state index contributed by atoms with van der Waals surface area (Å²) in [4.78, 5) is 14.4. The molecular formula is C15H19BrClNO2. The zero-order valence-electron chi connectivity index (χ0n) is 11.5. The van der Waals surface area contributed by atoms with Gasteiger partial charge in [-0.2, -0.15) is 0 Å². The standard InChI is InChI=1S/C15H19BrClNO2/c1-11(20-14-7-2-4-12(17)10-14)15(19)18(9-8-16)13-5-3-6-13/h2,4,7,10-11,13H,3,5-6,8-9H2,1H3. The van der Waals surface area contributed by atoms with E-state index < -0.39 is 6.10 Å². The molecule has 1 amide bonds. The number of carbonyl (C=O) groups is 1. The van der Waals surface area contributed by atoms with Gasteiger partial charge in [0.25, 0.3) is 5.91 Å². The summed E-state index contributed by atoms with van der Waals surface area (Å²) < 4.78 is 5.71. The van der Waals surface area contributed by atoms with E-state index in [1.807, 2.05) is 17.0 Å². The number of rotatable bonds is 6. The number of nitrogens with zero attached hydrogens (tertiary/aromatic N) is 1. The first-order valence-electron chi connectivity index (χ1n) is 6.90. The van der Waals surface area contributed by atoms with E-state index in [1.54, 1.807) is 19.1 Å². The smallest absolute Gasteiger partial charge is 0.263 e. The van der Waals surface area contributed by atoms with Crippen LogP contribution in [0.2, 0.25) is 5.02 Å². The first-order chi connectivity index (χ1) is 9.61. The molecule has 0 heterocycles. The van der Waals surface area contributed by atoms with E-state index in [1.165, 1.54) is 6.42 Å². The second kappa shape index (κ2) is 7.32. The minimum Gasteiger partial charge on any atom is -0.481 e. The topological polar surface area (TPSA) is 29.5 Å². The molecule has 1 aromatic carbocycles. The summed E-state index contributed by atoms with van der Waals surface area (Å²) >= 11 is 9.33. The van der Waals surface area contributed by atoms with E-state index in [0.29, 0.717) is 16.8 Å². The number of carbonyl (C=O) groups excluding carboxylic acids is 1. The van der Waals surface area contributed by atoms with Gasteiger partial charge in [-0.3, -0.25) is 4.79 Å². The van der Waals surface area contributed by atoms with E-state index in [0.717, 1.165) is 24.7 Å². The fourth-order valence-electron chi connectivity index (χ4n) is 2.29. The zero-order chi connectivity index (χ0) is 14.5. The highest BCUT2D eigenvalue weighted by atomic mass is 79.9. The summed E-state index contributed by atoms with van der Waals surface area (Å²) in [6.45, 7) is 2.52. The van der Waals surface area contributed by atoms with E-state index in [2.05, 4.69) is 15.9 Å². The Bertz CT molecular complexity index is 465. The van der Waals surface area contributed by atoms with Gasteiger partial charge in [-0.05, 0) is 44.4 Å². The van der Waals surface area contributed by atoms with Crippen LogP contribution in [0.5, 0.6) is 5.75 Å². The molecule has 5 heteroatoms. The second-order valence-electron chi connectivity index (χ2n) is 5.02. The molecule has 0 aliphatic heterocycles. The van der Waals surface area contributed by atoms with Crippen LogP contribution in [0.3, 0.4) is 0 Å². The van der Waals surface area contributed by atoms with Crippen molar-refractivity contribution < 1.29 is 9.53 Å². The lowest BCUT2D eigenvalue weighted by atomic mass is 9.91. The van der Waals surface area contributed by atoms with E-state index in [-0.39, 0.29) is 5.91 Å². The monoisotopic (exact) mass is 359 g/mol. The Morgan fingerprint density at radius 2 is 2.30 bits per heavy atom. The van der Waals surface area contributed by atoms with Crippen molar-refractivity contribution in [3.8, 4) is 5.75 Å². The van der Waals surface area contributed by atoms with Crippen molar-refractivity contribution in [2.75, 3.05) is 11.9 Å². The van der Waals surface area contributed by atoms with Gasteiger partial charge in [-0.1, -0.05) is 33.6 Å². The summed E-state index contributed by atoms with van der Waals surface area (Å²) in [5.41, 5.74) is 0. The molecule has 1 atom stereocenters. The summed E-state index contributed by atoms with van der Waals surface area (Å²) in [5.74, 6) is 0.680. The average Bonchev–Trinajstić information content (AvgIpc) is 2.35. The maximum Gasteiger partial charge on any atom is 0.263 e. The fourth-order valence-corrected chi connectivity index (χ4v) is 2.85. The third kappa shape index (κ3) is 3.89. The molecule has 2 rings (SSSR count). The molecule has 0 N–H and O–H groups in total. The van der Waals surface area contributed by atoms with Crippen LogP contribution in [0.4, 0.5) is 0 Å². The molecule has 1 aliphatic carbocycles. The van der Waals surface area contributed by atoms with Gasteiger partial charge in [0, 0.05) is 22.9 Å². The third-order valence-electron chi connectivity index (χ3n) is 3.58. The summed E-state index contributed by atoms with van der Waals surface area (Å²) in [5, 5.41) is 1.40. The van der Waals surface area contributed by atoms with Crippen LogP contribution in [0.1, 0.15) is 26.2 Å².